The number of pyridine rings is 1. The van der Waals surface area contributed by atoms with Gasteiger partial charge in [0.1, 0.15) is 5.82 Å². The van der Waals surface area contributed by atoms with Crippen LogP contribution in [0.15, 0.2) is 57.3 Å². The third-order valence-corrected chi connectivity index (χ3v) is 7.45. The molecule has 0 atom stereocenters. The number of anilines is 1. The zero-order valence-corrected chi connectivity index (χ0v) is 18.9. The highest BCUT2D eigenvalue weighted by Gasteiger charge is 2.20. The number of nitriles is 1. The second-order valence-corrected chi connectivity index (χ2v) is 9.92. The molecular weight excluding hydrogens is 472 g/mol. The number of aromatic nitrogens is 1. The summed E-state index contributed by atoms with van der Waals surface area (Å²) in [7, 11) is -3.77. The van der Waals surface area contributed by atoms with E-state index in [0.29, 0.717) is 28.8 Å². The molecular formula is C20H19BrN4O2S2. The van der Waals surface area contributed by atoms with Crippen LogP contribution in [0.4, 0.5) is 5.82 Å². The Hall–Kier alpha value is -2.25. The lowest BCUT2D eigenvalue weighted by atomic mass is 10.1. The van der Waals surface area contributed by atoms with Gasteiger partial charge in [0.15, 0.2) is 5.03 Å². The van der Waals surface area contributed by atoms with Crippen LogP contribution in [-0.4, -0.2) is 19.9 Å². The van der Waals surface area contributed by atoms with Crippen molar-refractivity contribution in [1.29, 1.82) is 5.26 Å². The maximum Gasteiger partial charge on any atom is 0.259 e. The minimum absolute atomic E-state index is 0.0512. The SMILES string of the molecule is Cc1csc(CNc2ccc(Br)c(S(=O)(=O)NCCc3ccc(C#N)cc3)n2)c1. The molecule has 0 spiro atoms. The summed E-state index contributed by atoms with van der Waals surface area (Å²) in [5, 5.41) is 14.0. The van der Waals surface area contributed by atoms with Gasteiger partial charge in [-0.1, -0.05) is 12.1 Å². The average molecular weight is 491 g/mol. The van der Waals surface area contributed by atoms with Gasteiger partial charge >= 0.3 is 0 Å². The van der Waals surface area contributed by atoms with E-state index < -0.39 is 10.0 Å². The van der Waals surface area contributed by atoms with Gasteiger partial charge in [0.2, 0.25) is 0 Å². The van der Waals surface area contributed by atoms with E-state index in [-0.39, 0.29) is 11.6 Å². The van der Waals surface area contributed by atoms with Crippen LogP contribution in [-0.2, 0) is 23.0 Å². The molecule has 2 N–H and O–H groups in total. The maximum absolute atomic E-state index is 12.7. The number of aryl methyl sites for hydroxylation is 1. The third kappa shape index (κ3) is 5.87. The van der Waals surface area contributed by atoms with Crippen LogP contribution in [0, 0.1) is 18.3 Å². The molecule has 0 unspecified atom stereocenters. The number of thiophene rings is 1. The minimum Gasteiger partial charge on any atom is -0.365 e. The van der Waals surface area contributed by atoms with Gasteiger partial charge in [-0.05, 0) is 76.1 Å². The molecule has 0 saturated heterocycles. The fraction of sp³-hybridized carbons (Fsp3) is 0.200. The molecule has 0 aliphatic carbocycles. The van der Waals surface area contributed by atoms with E-state index in [0.717, 1.165) is 10.4 Å². The summed E-state index contributed by atoms with van der Waals surface area (Å²) in [5.41, 5.74) is 2.72. The Kier molecular flexibility index (Phi) is 7.03. The molecule has 9 heteroatoms. The first-order valence-corrected chi connectivity index (χ1v) is 12.0. The second kappa shape index (κ2) is 9.50. The molecule has 0 radical (unpaired) electrons. The highest BCUT2D eigenvalue weighted by Crippen LogP contribution is 2.23. The van der Waals surface area contributed by atoms with E-state index in [4.69, 9.17) is 5.26 Å². The normalized spacial score (nSPS) is 11.2. The lowest BCUT2D eigenvalue weighted by Gasteiger charge is -2.10. The van der Waals surface area contributed by atoms with E-state index >= 15 is 0 Å². The molecule has 3 aromatic rings. The number of nitrogens with zero attached hydrogens (tertiary/aromatic N) is 2. The molecule has 1 aromatic carbocycles. The number of sulfonamides is 1. The van der Waals surface area contributed by atoms with Crippen LogP contribution in [0.25, 0.3) is 0 Å². The molecule has 0 bridgehead atoms. The summed E-state index contributed by atoms with van der Waals surface area (Å²) in [6, 6.07) is 14.6. The molecule has 2 heterocycles. The molecule has 0 aliphatic rings. The van der Waals surface area contributed by atoms with Crippen molar-refractivity contribution in [2.45, 2.75) is 24.9 Å². The van der Waals surface area contributed by atoms with Crippen molar-refractivity contribution in [3.8, 4) is 6.07 Å². The summed E-state index contributed by atoms with van der Waals surface area (Å²) in [6.07, 6.45) is 0.512. The summed E-state index contributed by atoms with van der Waals surface area (Å²) < 4.78 is 28.4. The Balaban J connectivity index is 1.64. The van der Waals surface area contributed by atoms with Crippen LogP contribution in [0.5, 0.6) is 0 Å². The summed E-state index contributed by atoms with van der Waals surface area (Å²) in [5.74, 6) is 0.492. The van der Waals surface area contributed by atoms with E-state index in [2.05, 4.69) is 48.5 Å². The minimum atomic E-state index is -3.77. The fourth-order valence-electron chi connectivity index (χ4n) is 2.62. The third-order valence-electron chi connectivity index (χ3n) is 4.09. The van der Waals surface area contributed by atoms with Gasteiger partial charge in [0.25, 0.3) is 10.0 Å². The fourth-order valence-corrected chi connectivity index (χ4v) is 5.34. The van der Waals surface area contributed by atoms with Crippen LogP contribution in [0.1, 0.15) is 21.6 Å². The number of rotatable bonds is 8. The van der Waals surface area contributed by atoms with Crippen molar-refractivity contribution >= 4 is 43.1 Å². The highest BCUT2D eigenvalue weighted by molar-refractivity contribution is 9.10. The lowest BCUT2D eigenvalue weighted by Crippen LogP contribution is -2.27. The van der Waals surface area contributed by atoms with Gasteiger partial charge in [-0.25, -0.2) is 18.1 Å². The molecule has 0 amide bonds. The van der Waals surface area contributed by atoms with Crippen molar-refractivity contribution in [2.24, 2.45) is 0 Å². The molecule has 3 rings (SSSR count). The van der Waals surface area contributed by atoms with Gasteiger partial charge in [-0.3, -0.25) is 0 Å². The Morgan fingerprint density at radius 2 is 1.97 bits per heavy atom. The van der Waals surface area contributed by atoms with E-state index in [1.807, 2.05) is 19.1 Å². The van der Waals surface area contributed by atoms with Crippen molar-refractivity contribution < 1.29 is 8.42 Å². The Bertz CT molecular complexity index is 1140. The highest BCUT2D eigenvalue weighted by atomic mass is 79.9. The number of nitrogens with one attached hydrogen (secondary N) is 2. The maximum atomic E-state index is 12.7. The average Bonchev–Trinajstić information content (AvgIpc) is 3.13. The predicted octanol–water partition coefficient (Wildman–Crippen LogP) is 4.22. The number of hydrogen-bond donors (Lipinski definition) is 2. The first kappa shape index (κ1) is 21.5. The molecule has 0 aliphatic heterocycles. The number of halogens is 1. The smallest absolute Gasteiger partial charge is 0.259 e. The largest absolute Gasteiger partial charge is 0.365 e. The molecule has 29 heavy (non-hydrogen) atoms. The topological polar surface area (TPSA) is 94.9 Å². The van der Waals surface area contributed by atoms with Gasteiger partial charge < -0.3 is 5.32 Å². The van der Waals surface area contributed by atoms with Crippen molar-refractivity contribution in [2.75, 3.05) is 11.9 Å². The van der Waals surface area contributed by atoms with E-state index in [1.165, 1.54) is 5.56 Å². The van der Waals surface area contributed by atoms with Gasteiger partial charge in [0.05, 0.1) is 22.7 Å². The first-order chi connectivity index (χ1) is 13.9. The first-order valence-electron chi connectivity index (χ1n) is 8.80. The lowest BCUT2D eigenvalue weighted by molar-refractivity contribution is 0.577. The Labute approximate surface area is 182 Å². The quantitative estimate of drug-likeness (QED) is 0.492. The van der Waals surface area contributed by atoms with Crippen molar-refractivity contribution in [3.05, 3.63) is 73.9 Å². The summed E-state index contributed by atoms with van der Waals surface area (Å²) >= 11 is 4.93. The van der Waals surface area contributed by atoms with E-state index in [1.54, 1.807) is 35.6 Å². The van der Waals surface area contributed by atoms with Crippen LogP contribution < -0.4 is 10.0 Å². The van der Waals surface area contributed by atoms with Crippen LogP contribution >= 0.6 is 27.3 Å². The van der Waals surface area contributed by atoms with Gasteiger partial charge in [-0.15, -0.1) is 11.3 Å². The second-order valence-electron chi connectivity index (χ2n) is 6.38. The monoisotopic (exact) mass is 490 g/mol. The number of benzene rings is 1. The standard InChI is InChI=1S/C20H19BrN4O2S2/c1-14-10-17(28-13-14)12-23-19-7-6-18(21)20(25-19)29(26,27)24-9-8-15-2-4-16(11-22)5-3-15/h2-7,10,13,24H,8-9,12H2,1H3,(H,23,25). The number of hydrogen-bond acceptors (Lipinski definition) is 6. The van der Waals surface area contributed by atoms with Crippen LogP contribution in [0.3, 0.4) is 0 Å². The molecule has 6 nitrogen and oxygen atoms in total. The Morgan fingerprint density at radius 1 is 1.21 bits per heavy atom. The van der Waals surface area contributed by atoms with Crippen molar-refractivity contribution in [1.82, 2.24) is 9.71 Å². The summed E-state index contributed by atoms with van der Waals surface area (Å²) in [4.78, 5) is 5.42. The zero-order chi connectivity index (χ0) is 20.9. The van der Waals surface area contributed by atoms with E-state index in [9.17, 15) is 8.42 Å². The predicted molar refractivity (Wildman–Crippen MR) is 118 cm³/mol. The van der Waals surface area contributed by atoms with Gasteiger partial charge in [0, 0.05) is 11.4 Å². The molecule has 150 valence electrons. The Morgan fingerprint density at radius 3 is 2.62 bits per heavy atom. The van der Waals surface area contributed by atoms with Gasteiger partial charge in [-0.2, -0.15) is 5.26 Å². The molecule has 2 aromatic heterocycles. The molecule has 0 fully saturated rings. The van der Waals surface area contributed by atoms with Crippen LogP contribution in [0.2, 0.25) is 0 Å². The van der Waals surface area contributed by atoms with Crippen molar-refractivity contribution in [3.63, 3.8) is 0 Å². The zero-order valence-electron chi connectivity index (χ0n) is 15.6. The summed E-state index contributed by atoms with van der Waals surface area (Å²) in [6.45, 7) is 2.85. The molecule has 0 saturated carbocycles.